The SMILES string of the molecule is CCCCCC(C)(C)O[Si](CC)(CC)CC. The zero-order valence-electron chi connectivity index (χ0n) is 12.4. The van der Waals surface area contributed by atoms with E-state index < -0.39 is 8.32 Å². The summed E-state index contributed by atoms with van der Waals surface area (Å²) < 4.78 is 6.56. The van der Waals surface area contributed by atoms with Crippen LogP contribution in [0.1, 0.15) is 67.2 Å². The third kappa shape index (κ3) is 5.49. The van der Waals surface area contributed by atoms with Crippen molar-refractivity contribution in [2.75, 3.05) is 0 Å². The Morgan fingerprint density at radius 2 is 1.38 bits per heavy atom. The maximum atomic E-state index is 6.56. The van der Waals surface area contributed by atoms with Gasteiger partial charge >= 0.3 is 0 Å². The third-order valence-electron chi connectivity index (χ3n) is 3.81. The molecule has 1 nitrogen and oxygen atoms in total. The molecule has 0 saturated heterocycles. The van der Waals surface area contributed by atoms with Crippen LogP contribution in [0.15, 0.2) is 0 Å². The van der Waals surface area contributed by atoms with Gasteiger partial charge in [-0.25, -0.2) is 0 Å². The minimum atomic E-state index is -1.41. The van der Waals surface area contributed by atoms with Crippen LogP contribution in [-0.2, 0) is 4.43 Å². The van der Waals surface area contributed by atoms with E-state index >= 15 is 0 Å². The van der Waals surface area contributed by atoms with Crippen LogP contribution in [0.4, 0.5) is 0 Å². The van der Waals surface area contributed by atoms with Gasteiger partial charge in [0.15, 0.2) is 8.32 Å². The number of hydrogen-bond donors (Lipinski definition) is 0. The molecule has 0 atom stereocenters. The van der Waals surface area contributed by atoms with Gasteiger partial charge < -0.3 is 4.43 Å². The standard InChI is InChI=1S/C14H32OSi/c1-7-11-12-13-14(5,6)15-16(8-2,9-3)10-4/h7-13H2,1-6H3. The zero-order chi connectivity index (χ0) is 12.7. The van der Waals surface area contributed by atoms with Gasteiger partial charge in [0.1, 0.15) is 0 Å². The minimum absolute atomic E-state index is 0.101. The van der Waals surface area contributed by atoms with Crippen LogP contribution in [0.5, 0.6) is 0 Å². The largest absolute Gasteiger partial charge is 0.412 e. The molecule has 0 aliphatic heterocycles. The van der Waals surface area contributed by atoms with E-state index in [9.17, 15) is 0 Å². The van der Waals surface area contributed by atoms with Crippen molar-refractivity contribution in [3.05, 3.63) is 0 Å². The predicted octanol–water partition coefficient (Wildman–Crippen LogP) is 5.37. The van der Waals surface area contributed by atoms with Crippen molar-refractivity contribution in [3.63, 3.8) is 0 Å². The lowest BCUT2D eigenvalue weighted by molar-refractivity contribution is 0.0829. The van der Waals surface area contributed by atoms with Crippen molar-refractivity contribution in [2.24, 2.45) is 0 Å². The number of hydrogen-bond acceptors (Lipinski definition) is 1. The maximum Gasteiger partial charge on any atom is 0.192 e. The summed E-state index contributed by atoms with van der Waals surface area (Å²) in [5, 5.41) is 0. The minimum Gasteiger partial charge on any atom is -0.412 e. The molecule has 0 amide bonds. The third-order valence-corrected chi connectivity index (χ3v) is 8.66. The first kappa shape index (κ1) is 16.2. The summed E-state index contributed by atoms with van der Waals surface area (Å²) in [6.45, 7) is 13.7. The first-order chi connectivity index (χ1) is 7.45. The van der Waals surface area contributed by atoms with Crippen LogP contribution >= 0.6 is 0 Å². The van der Waals surface area contributed by atoms with Crippen molar-refractivity contribution in [2.45, 2.75) is 91.0 Å². The fourth-order valence-electron chi connectivity index (χ4n) is 2.40. The van der Waals surface area contributed by atoms with Gasteiger partial charge in [-0.2, -0.15) is 0 Å². The van der Waals surface area contributed by atoms with Gasteiger partial charge in [-0.15, -0.1) is 0 Å². The van der Waals surface area contributed by atoms with Gasteiger partial charge in [0.05, 0.1) is 5.60 Å². The Morgan fingerprint density at radius 3 is 1.75 bits per heavy atom. The molecule has 0 unspecified atom stereocenters. The summed E-state index contributed by atoms with van der Waals surface area (Å²) in [4.78, 5) is 0. The van der Waals surface area contributed by atoms with Crippen LogP contribution in [0, 0.1) is 0 Å². The summed E-state index contributed by atoms with van der Waals surface area (Å²) in [5.41, 5.74) is 0.101. The second-order valence-electron chi connectivity index (χ2n) is 5.56. The molecule has 0 aromatic carbocycles. The first-order valence-corrected chi connectivity index (χ1v) is 9.68. The highest BCUT2D eigenvalue weighted by atomic mass is 28.4. The van der Waals surface area contributed by atoms with E-state index in [1.165, 1.54) is 43.8 Å². The highest BCUT2D eigenvalue weighted by Crippen LogP contribution is 2.30. The second kappa shape index (κ2) is 7.49. The van der Waals surface area contributed by atoms with E-state index in [0.29, 0.717) is 0 Å². The quantitative estimate of drug-likeness (QED) is 0.391. The topological polar surface area (TPSA) is 9.23 Å². The van der Waals surface area contributed by atoms with Gasteiger partial charge in [-0.3, -0.25) is 0 Å². The molecule has 0 aliphatic carbocycles. The Kier molecular flexibility index (Phi) is 7.58. The average molecular weight is 244 g/mol. The van der Waals surface area contributed by atoms with E-state index in [2.05, 4.69) is 41.5 Å². The van der Waals surface area contributed by atoms with Gasteiger partial charge in [0.25, 0.3) is 0 Å². The molecule has 0 N–H and O–H groups in total. The fourth-order valence-corrected chi connectivity index (χ4v) is 5.61. The lowest BCUT2D eigenvalue weighted by Crippen LogP contribution is -2.44. The molecule has 16 heavy (non-hydrogen) atoms. The van der Waals surface area contributed by atoms with Crippen LogP contribution in [0.2, 0.25) is 18.1 Å². The highest BCUT2D eigenvalue weighted by molar-refractivity contribution is 6.73. The van der Waals surface area contributed by atoms with Gasteiger partial charge in [-0.1, -0.05) is 47.0 Å². The summed E-state index contributed by atoms with van der Waals surface area (Å²) in [5.74, 6) is 0. The fraction of sp³-hybridized carbons (Fsp3) is 1.00. The Balaban J connectivity index is 4.29. The molecule has 0 aliphatic rings. The van der Waals surface area contributed by atoms with E-state index in [4.69, 9.17) is 4.43 Å². The molecule has 2 heteroatoms. The molecular weight excluding hydrogens is 212 g/mol. The summed E-state index contributed by atoms with van der Waals surface area (Å²) >= 11 is 0. The van der Waals surface area contributed by atoms with Crippen LogP contribution < -0.4 is 0 Å². The monoisotopic (exact) mass is 244 g/mol. The van der Waals surface area contributed by atoms with Crippen molar-refractivity contribution in [1.82, 2.24) is 0 Å². The van der Waals surface area contributed by atoms with E-state index in [-0.39, 0.29) is 5.60 Å². The predicted molar refractivity (Wildman–Crippen MR) is 76.5 cm³/mol. The first-order valence-electron chi connectivity index (χ1n) is 7.15. The van der Waals surface area contributed by atoms with Gasteiger partial charge in [-0.05, 0) is 38.4 Å². The van der Waals surface area contributed by atoms with Gasteiger partial charge in [0, 0.05) is 0 Å². The van der Waals surface area contributed by atoms with Crippen molar-refractivity contribution >= 4 is 8.32 Å². The molecule has 0 saturated carbocycles. The van der Waals surface area contributed by atoms with Crippen molar-refractivity contribution < 1.29 is 4.43 Å². The maximum absolute atomic E-state index is 6.56. The molecule has 0 heterocycles. The van der Waals surface area contributed by atoms with Crippen LogP contribution in [0.25, 0.3) is 0 Å². The molecule has 0 fully saturated rings. The summed E-state index contributed by atoms with van der Waals surface area (Å²) in [7, 11) is -1.41. The highest BCUT2D eigenvalue weighted by Gasteiger charge is 2.34. The van der Waals surface area contributed by atoms with Crippen molar-refractivity contribution in [1.29, 1.82) is 0 Å². The van der Waals surface area contributed by atoms with E-state index in [1.54, 1.807) is 0 Å². The lowest BCUT2D eigenvalue weighted by atomic mass is 10.0. The molecule has 0 bridgehead atoms. The lowest BCUT2D eigenvalue weighted by Gasteiger charge is -2.38. The second-order valence-corrected chi connectivity index (χ2v) is 10.3. The summed E-state index contributed by atoms with van der Waals surface area (Å²) in [6.07, 6.45) is 5.17. The molecule has 0 rings (SSSR count). The molecule has 0 aromatic rings. The number of rotatable bonds is 9. The van der Waals surface area contributed by atoms with E-state index in [0.717, 1.165) is 0 Å². The van der Waals surface area contributed by atoms with Gasteiger partial charge in [0.2, 0.25) is 0 Å². The average Bonchev–Trinajstić information content (AvgIpc) is 2.26. The molecule has 98 valence electrons. The van der Waals surface area contributed by atoms with E-state index in [1.807, 2.05) is 0 Å². The van der Waals surface area contributed by atoms with Crippen molar-refractivity contribution in [3.8, 4) is 0 Å². The summed E-state index contributed by atoms with van der Waals surface area (Å²) in [6, 6.07) is 3.78. The Bertz CT molecular complexity index is 165. The molecule has 0 radical (unpaired) electrons. The Morgan fingerprint density at radius 1 is 0.875 bits per heavy atom. The molecule has 0 spiro atoms. The normalized spacial score (nSPS) is 13.1. The zero-order valence-corrected chi connectivity index (χ0v) is 13.4. The smallest absolute Gasteiger partial charge is 0.192 e. The molecular formula is C14H32OSi. The molecule has 0 aromatic heterocycles. The Labute approximate surface area is 104 Å². The Hall–Kier alpha value is 0.177. The number of unbranched alkanes of at least 4 members (excludes halogenated alkanes) is 2. The van der Waals surface area contributed by atoms with Crippen LogP contribution in [-0.4, -0.2) is 13.9 Å². The van der Waals surface area contributed by atoms with Crippen LogP contribution in [0.3, 0.4) is 0 Å².